The van der Waals surface area contributed by atoms with Gasteiger partial charge in [-0.05, 0) is 56.6 Å². The number of hydrogen-bond acceptors (Lipinski definition) is 3. The molecule has 1 atom stereocenters. The van der Waals surface area contributed by atoms with Crippen LogP contribution in [-0.2, 0) is 9.59 Å². The van der Waals surface area contributed by atoms with Crippen molar-refractivity contribution in [1.29, 1.82) is 0 Å². The first-order chi connectivity index (χ1) is 13.1. The zero-order valence-corrected chi connectivity index (χ0v) is 15.5. The van der Waals surface area contributed by atoms with Crippen molar-refractivity contribution in [2.45, 2.75) is 50.6 Å². The molecular weight excluding hydrogens is 342 g/mol. The molecule has 2 N–H and O–H groups in total. The second-order valence-electron chi connectivity index (χ2n) is 8.04. The molecule has 0 aromatic heterocycles. The van der Waals surface area contributed by atoms with Crippen LogP contribution in [0.5, 0.6) is 0 Å². The maximum atomic E-state index is 12.8. The van der Waals surface area contributed by atoms with Crippen LogP contribution in [0.4, 0.5) is 0 Å². The predicted octanol–water partition coefficient (Wildman–Crippen LogP) is 1.71. The van der Waals surface area contributed by atoms with Crippen LogP contribution in [0.25, 0.3) is 0 Å². The Hall–Kier alpha value is -2.37. The number of carbonyl (C=O) groups is 3. The summed E-state index contributed by atoms with van der Waals surface area (Å²) in [6, 6.07) is 8.71. The molecule has 27 heavy (non-hydrogen) atoms. The van der Waals surface area contributed by atoms with Gasteiger partial charge in [-0.15, -0.1) is 0 Å². The summed E-state index contributed by atoms with van der Waals surface area (Å²) in [5.74, 6) is 0.241. The maximum Gasteiger partial charge on any atom is 0.251 e. The molecular formula is C21H27N3O3. The lowest BCUT2D eigenvalue weighted by Crippen LogP contribution is -2.54. The Morgan fingerprint density at radius 2 is 1.59 bits per heavy atom. The van der Waals surface area contributed by atoms with Gasteiger partial charge in [-0.1, -0.05) is 18.2 Å². The van der Waals surface area contributed by atoms with Crippen LogP contribution in [-0.4, -0.2) is 47.8 Å². The largest absolute Gasteiger partial charge is 0.352 e. The summed E-state index contributed by atoms with van der Waals surface area (Å²) in [6.45, 7) is 1.35. The fraction of sp³-hybridized carbons (Fsp3) is 0.571. The van der Waals surface area contributed by atoms with Crippen LogP contribution in [0.1, 0.15) is 48.9 Å². The molecule has 0 bridgehead atoms. The molecule has 1 saturated heterocycles. The molecule has 3 aliphatic rings. The normalized spacial score (nSPS) is 21.4. The number of piperidine rings is 1. The van der Waals surface area contributed by atoms with E-state index >= 15 is 0 Å². The average molecular weight is 369 g/mol. The summed E-state index contributed by atoms with van der Waals surface area (Å²) >= 11 is 0. The molecule has 6 heteroatoms. The molecule has 1 heterocycles. The number of nitrogens with zero attached hydrogens (tertiary/aromatic N) is 1. The number of likely N-dealkylation sites (tertiary alicyclic amines) is 1. The second kappa shape index (κ2) is 7.71. The van der Waals surface area contributed by atoms with E-state index in [2.05, 4.69) is 10.6 Å². The van der Waals surface area contributed by atoms with E-state index in [1.54, 1.807) is 12.1 Å². The summed E-state index contributed by atoms with van der Waals surface area (Å²) in [7, 11) is 0. The van der Waals surface area contributed by atoms with E-state index in [0.717, 1.165) is 38.5 Å². The van der Waals surface area contributed by atoms with Crippen molar-refractivity contribution in [2.75, 3.05) is 13.1 Å². The molecule has 2 saturated carbocycles. The lowest BCUT2D eigenvalue weighted by atomic mass is 9.88. The highest BCUT2D eigenvalue weighted by molar-refractivity contribution is 5.97. The lowest BCUT2D eigenvalue weighted by molar-refractivity contribution is -0.134. The van der Waals surface area contributed by atoms with Crippen molar-refractivity contribution in [3.63, 3.8) is 0 Å². The number of amides is 3. The molecule has 1 unspecified atom stereocenters. The molecule has 1 aliphatic heterocycles. The minimum Gasteiger partial charge on any atom is -0.352 e. The summed E-state index contributed by atoms with van der Waals surface area (Å²) in [5, 5.41) is 6.00. The van der Waals surface area contributed by atoms with Crippen LogP contribution < -0.4 is 10.6 Å². The van der Waals surface area contributed by atoms with Gasteiger partial charge in [0.15, 0.2) is 0 Å². The van der Waals surface area contributed by atoms with Crippen molar-refractivity contribution in [2.24, 2.45) is 11.8 Å². The third-order valence-electron chi connectivity index (χ3n) is 5.78. The monoisotopic (exact) mass is 369 g/mol. The molecule has 1 aromatic carbocycles. The van der Waals surface area contributed by atoms with E-state index in [0.29, 0.717) is 18.7 Å². The van der Waals surface area contributed by atoms with Crippen LogP contribution in [0, 0.1) is 11.8 Å². The first-order valence-electron chi connectivity index (χ1n) is 10.1. The van der Waals surface area contributed by atoms with E-state index in [1.807, 2.05) is 23.1 Å². The summed E-state index contributed by atoms with van der Waals surface area (Å²) in [4.78, 5) is 39.6. The van der Waals surface area contributed by atoms with E-state index < -0.39 is 6.04 Å². The molecule has 2 aliphatic carbocycles. The smallest absolute Gasteiger partial charge is 0.251 e. The number of nitrogens with one attached hydrogen (secondary N) is 2. The summed E-state index contributed by atoms with van der Waals surface area (Å²) in [6.07, 6.45) is 5.54. The maximum absolute atomic E-state index is 12.8. The van der Waals surface area contributed by atoms with Gasteiger partial charge in [0.05, 0.1) is 0 Å². The van der Waals surface area contributed by atoms with Crippen molar-refractivity contribution < 1.29 is 14.4 Å². The third-order valence-corrected chi connectivity index (χ3v) is 5.78. The minimum atomic E-state index is -0.545. The fourth-order valence-electron chi connectivity index (χ4n) is 3.77. The highest BCUT2D eigenvalue weighted by atomic mass is 16.2. The van der Waals surface area contributed by atoms with Gasteiger partial charge in [0.2, 0.25) is 11.8 Å². The molecule has 144 valence electrons. The first-order valence-corrected chi connectivity index (χ1v) is 10.1. The quantitative estimate of drug-likeness (QED) is 0.801. The Kier molecular flexibility index (Phi) is 5.14. The van der Waals surface area contributed by atoms with Gasteiger partial charge in [0.1, 0.15) is 6.04 Å². The molecule has 6 nitrogen and oxygen atoms in total. The first kappa shape index (κ1) is 18.0. The minimum absolute atomic E-state index is 0.0552. The van der Waals surface area contributed by atoms with Gasteiger partial charge in [0.25, 0.3) is 5.91 Å². The van der Waals surface area contributed by atoms with Crippen LogP contribution in [0.2, 0.25) is 0 Å². The Morgan fingerprint density at radius 3 is 2.19 bits per heavy atom. The van der Waals surface area contributed by atoms with E-state index in [-0.39, 0.29) is 35.6 Å². The fourth-order valence-corrected chi connectivity index (χ4v) is 3.77. The topological polar surface area (TPSA) is 78.5 Å². The zero-order valence-electron chi connectivity index (χ0n) is 15.5. The van der Waals surface area contributed by atoms with Crippen LogP contribution in [0.3, 0.4) is 0 Å². The second-order valence-corrected chi connectivity index (χ2v) is 8.04. The summed E-state index contributed by atoms with van der Waals surface area (Å²) in [5.41, 5.74) is 0.558. The van der Waals surface area contributed by atoms with E-state index in [1.165, 1.54) is 0 Å². The molecule has 3 amide bonds. The molecule has 0 spiro atoms. The summed E-state index contributed by atoms with van der Waals surface area (Å²) < 4.78 is 0. The van der Waals surface area contributed by atoms with Crippen molar-refractivity contribution >= 4 is 17.7 Å². The molecule has 1 aromatic rings. The number of rotatable bonds is 6. The highest BCUT2D eigenvalue weighted by Gasteiger charge is 2.39. The van der Waals surface area contributed by atoms with Crippen molar-refractivity contribution in [3.8, 4) is 0 Å². The molecule has 3 fully saturated rings. The predicted molar refractivity (Wildman–Crippen MR) is 101 cm³/mol. The SMILES string of the molecule is O=C(NC(C(=O)NC1CC1)C1CCN(C(=O)C2CC2)CC1)c1ccccc1. The Bertz CT molecular complexity index is 705. The van der Waals surface area contributed by atoms with Gasteiger partial charge in [-0.3, -0.25) is 14.4 Å². The Balaban J connectivity index is 1.40. The number of hydrogen-bond donors (Lipinski definition) is 2. The number of carbonyl (C=O) groups excluding carboxylic acids is 3. The van der Waals surface area contributed by atoms with Gasteiger partial charge in [-0.25, -0.2) is 0 Å². The van der Waals surface area contributed by atoms with Crippen LogP contribution in [0.15, 0.2) is 30.3 Å². The standard InChI is InChI=1S/C21H27N3O3/c25-19(15-4-2-1-3-5-15)23-18(20(26)22-17-8-9-17)14-10-12-24(13-11-14)21(27)16-6-7-16/h1-5,14,16-18H,6-13H2,(H,22,26)(H,23,25). The Morgan fingerprint density at radius 1 is 0.926 bits per heavy atom. The van der Waals surface area contributed by atoms with Crippen molar-refractivity contribution in [3.05, 3.63) is 35.9 Å². The third kappa shape index (κ3) is 4.49. The van der Waals surface area contributed by atoms with Crippen LogP contribution >= 0.6 is 0 Å². The van der Waals surface area contributed by atoms with Gasteiger partial charge in [-0.2, -0.15) is 0 Å². The number of benzene rings is 1. The lowest BCUT2D eigenvalue weighted by Gasteiger charge is -2.36. The highest BCUT2D eigenvalue weighted by Crippen LogP contribution is 2.33. The zero-order chi connectivity index (χ0) is 18.8. The van der Waals surface area contributed by atoms with Gasteiger partial charge < -0.3 is 15.5 Å². The van der Waals surface area contributed by atoms with Gasteiger partial charge in [0, 0.05) is 30.6 Å². The van der Waals surface area contributed by atoms with Crippen molar-refractivity contribution in [1.82, 2.24) is 15.5 Å². The molecule has 0 radical (unpaired) electrons. The Labute approximate surface area is 159 Å². The molecule has 4 rings (SSSR count). The van der Waals surface area contributed by atoms with E-state index in [4.69, 9.17) is 0 Å². The van der Waals surface area contributed by atoms with Gasteiger partial charge >= 0.3 is 0 Å². The average Bonchev–Trinajstić information content (AvgIpc) is 3.60. The van der Waals surface area contributed by atoms with E-state index in [9.17, 15) is 14.4 Å².